The number of aromatic nitrogens is 1. The van der Waals surface area contributed by atoms with Crippen molar-refractivity contribution in [3.05, 3.63) is 23.9 Å². The Morgan fingerprint density at radius 3 is 2.93 bits per heavy atom. The number of methoxy groups -OCH3 is 1. The largest absolute Gasteiger partial charge is 0.481 e. The number of hydrogen-bond acceptors (Lipinski definition) is 4. The van der Waals surface area contributed by atoms with Gasteiger partial charge in [-0.3, -0.25) is 0 Å². The highest BCUT2D eigenvalue weighted by Crippen LogP contribution is 2.27. The van der Waals surface area contributed by atoms with Crippen LogP contribution < -0.4 is 10.1 Å². The first-order valence-corrected chi connectivity index (χ1v) is 4.68. The van der Waals surface area contributed by atoms with E-state index in [1.54, 1.807) is 19.4 Å². The van der Waals surface area contributed by atoms with Gasteiger partial charge in [0.25, 0.3) is 0 Å². The molecule has 2 rings (SSSR count). The molecular formula is C10H14N2O2. The fraction of sp³-hybridized carbons (Fsp3) is 0.500. The van der Waals surface area contributed by atoms with Gasteiger partial charge in [-0.2, -0.15) is 0 Å². The Kier molecular flexibility index (Phi) is 2.39. The van der Waals surface area contributed by atoms with E-state index in [0.717, 1.165) is 18.5 Å². The van der Waals surface area contributed by atoms with E-state index in [2.05, 4.69) is 10.3 Å². The summed E-state index contributed by atoms with van der Waals surface area (Å²) in [6.07, 6.45) is 2.41. The standard InChI is InChI=1S/C10H14N2O2/c1-14-9-3-2-8(6-12-9)10(13)4-5-11-7-10/h2-3,6,11,13H,4-5,7H2,1H3/t10-/m0/s1. The van der Waals surface area contributed by atoms with Crippen molar-refractivity contribution in [2.75, 3.05) is 20.2 Å². The molecule has 0 unspecified atom stereocenters. The monoisotopic (exact) mass is 194 g/mol. The number of nitrogens with zero attached hydrogens (tertiary/aromatic N) is 1. The average Bonchev–Trinajstić information content (AvgIpc) is 2.67. The molecule has 0 aromatic carbocycles. The lowest BCUT2D eigenvalue weighted by Crippen LogP contribution is -2.28. The van der Waals surface area contributed by atoms with Crippen LogP contribution in [0.25, 0.3) is 0 Å². The number of hydrogen-bond donors (Lipinski definition) is 2. The fourth-order valence-electron chi connectivity index (χ4n) is 1.70. The number of ether oxygens (including phenoxy) is 1. The Hall–Kier alpha value is -1.13. The van der Waals surface area contributed by atoms with E-state index < -0.39 is 5.60 Å². The van der Waals surface area contributed by atoms with Crippen LogP contribution in [-0.2, 0) is 5.60 Å². The highest BCUT2D eigenvalue weighted by atomic mass is 16.5. The molecule has 1 aliphatic rings. The first-order valence-electron chi connectivity index (χ1n) is 4.68. The number of nitrogens with one attached hydrogen (secondary N) is 1. The van der Waals surface area contributed by atoms with E-state index in [0.29, 0.717) is 12.4 Å². The average molecular weight is 194 g/mol. The van der Waals surface area contributed by atoms with Gasteiger partial charge in [0, 0.05) is 24.4 Å². The summed E-state index contributed by atoms with van der Waals surface area (Å²) in [6.45, 7) is 1.45. The lowest BCUT2D eigenvalue weighted by molar-refractivity contribution is 0.0583. The van der Waals surface area contributed by atoms with Gasteiger partial charge in [0.2, 0.25) is 5.88 Å². The molecule has 4 nitrogen and oxygen atoms in total. The van der Waals surface area contributed by atoms with Crippen molar-refractivity contribution in [2.45, 2.75) is 12.0 Å². The van der Waals surface area contributed by atoms with Crippen LogP contribution in [0.1, 0.15) is 12.0 Å². The summed E-state index contributed by atoms with van der Waals surface area (Å²) in [5.74, 6) is 0.573. The van der Waals surface area contributed by atoms with Gasteiger partial charge in [0.05, 0.1) is 7.11 Å². The minimum atomic E-state index is -0.751. The van der Waals surface area contributed by atoms with Gasteiger partial charge < -0.3 is 15.2 Å². The van der Waals surface area contributed by atoms with Crippen LogP contribution in [0.15, 0.2) is 18.3 Å². The van der Waals surface area contributed by atoms with Crippen LogP contribution in [0, 0.1) is 0 Å². The Balaban J connectivity index is 2.23. The van der Waals surface area contributed by atoms with Crippen LogP contribution in [0.3, 0.4) is 0 Å². The van der Waals surface area contributed by atoms with Crippen LogP contribution in [0.4, 0.5) is 0 Å². The van der Waals surface area contributed by atoms with E-state index >= 15 is 0 Å². The van der Waals surface area contributed by atoms with Crippen LogP contribution in [-0.4, -0.2) is 30.3 Å². The minimum absolute atomic E-state index is 0.573. The molecule has 1 aliphatic heterocycles. The molecule has 4 heteroatoms. The van der Waals surface area contributed by atoms with E-state index in [9.17, 15) is 5.11 Å². The molecule has 76 valence electrons. The van der Waals surface area contributed by atoms with Gasteiger partial charge in [-0.1, -0.05) is 0 Å². The molecule has 1 saturated heterocycles. The van der Waals surface area contributed by atoms with Crippen LogP contribution in [0.5, 0.6) is 5.88 Å². The second-order valence-corrected chi connectivity index (χ2v) is 3.55. The minimum Gasteiger partial charge on any atom is -0.481 e. The number of pyridine rings is 1. The molecule has 1 aromatic heterocycles. The molecule has 0 saturated carbocycles. The summed E-state index contributed by atoms with van der Waals surface area (Å²) in [6, 6.07) is 3.63. The maximum atomic E-state index is 10.2. The molecule has 1 atom stereocenters. The highest BCUT2D eigenvalue weighted by molar-refractivity contribution is 5.24. The normalized spacial score (nSPS) is 26.4. The lowest BCUT2D eigenvalue weighted by atomic mass is 9.95. The Labute approximate surface area is 82.9 Å². The quantitative estimate of drug-likeness (QED) is 0.709. The Morgan fingerprint density at radius 2 is 2.43 bits per heavy atom. The highest BCUT2D eigenvalue weighted by Gasteiger charge is 2.33. The molecule has 1 fully saturated rings. The summed E-state index contributed by atoms with van der Waals surface area (Å²) in [5, 5.41) is 13.3. The van der Waals surface area contributed by atoms with E-state index in [-0.39, 0.29) is 0 Å². The predicted molar refractivity (Wildman–Crippen MR) is 52.2 cm³/mol. The summed E-state index contributed by atoms with van der Waals surface area (Å²) in [4.78, 5) is 4.08. The Bertz CT molecular complexity index is 304. The second-order valence-electron chi connectivity index (χ2n) is 3.55. The zero-order valence-electron chi connectivity index (χ0n) is 8.16. The van der Waals surface area contributed by atoms with Gasteiger partial charge in [-0.15, -0.1) is 0 Å². The first kappa shape index (κ1) is 9.43. The number of β-amino-alcohol motifs (C(OH)–C–C–N with tert-alkyl or cyclic N) is 1. The van der Waals surface area contributed by atoms with Crippen molar-refractivity contribution >= 4 is 0 Å². The molecule has 1 aromatic rings. The fourth-order valence-corrected chi connectivity index (χ4v) is 1.70. The van der Waals surface area contributed by atoms with Gasteiger partial charge in [-0.05, 0) is 19.0 Å². The maximum Gasteiger partial charge on any atom is 0.212 e. The summed E-state index contributed by atoms with van der Waals surface area (Å²) >= 11 is 0. The summed E-state index contributed by atoms with van der Waals surface area (Å²) in [5.41, 5.74) is 0.0996. The van der Waals surface area contributed by atoms with Gasteiger partial charge in [0.15, 0.2) is 0 Å². The molecule has 0 bridgehead atoms. The smallest absolute Gasteiger partial charge is 0.212 e. The topological polar surface area (TPSA) is 54.4 Å². The third-order valence-electron chi connectivity index (χ3n) is 2.62. The van der Waals surface area contributed by atoms with Crippen molar-refractivity contribution in [1.82, 2.24) is 10.3 Å². The predicted octanol–water partition coefficient (Wildman–Crippen LogP) is 0.271. The van der Waals surface area contributed by atoms with Gasteiger partial charge >= 0.3 is 0 Å². The third-order valence-corrected chi connectivity index (χ3v) is 2.62. The van der Waals surface area contributed by atoms with Crippen molar-refractivity contribution in [3.8, 4) is 5.88 Å². The Morgan fingerprint density at radius 1 is 1.57 bits per heavy atom. The molecular weight excluding hydrogens is 180 g/mol. The van der Waals surface area contributed by atoms with Crippen molar-refractivity contribution < 1.29 is 9.84 Å². The molecule has 2 N–H and O–H groups in total. The van der Waals surface area contributed by atoms with Gasteiger partial charge in [-0.25, -0.2) is 4.98 Å². The molecule has 2 heterocycles. The zero-order chi connectivity index (χ0) is 10.0. The number of aliphatic hydroxyl groups is 1. The first-order chi connectivity index (χ1) is 6.74. The van der Waals surface area contributed by atoms with Crippen molar-refractivity contribution in [2.24, 2.45) is 0 Å². The van der Waals surface area contributed by atoms with Crippen LogP contribution >= 0.6 is 0 Å². The molecule has 0 spiro atoms. The van der Waals surface area contributed by atoms with Gasteiger partial charge in [0.1, 0.15) is 5.60 Å². The summed E-state index contributed by atoms with van der Waals surface area (Å²) < 4.78 is 4.96. The SMILES string of the molecule is COc1ccc([C@]2(O)CCNC2)cn1. The van der Waals surface area contributed by atoms with Crippen LogP contribution in [0.2, 0.25) is 0 Å². The summed E-state index contributed by atoms with van der Waals surface area (Å²) in [7, 11) is 1.58. The molecule has 0 aliphatic carbocycles. The van der Waals surface area contributed by atoms with Crippen molar-refractivity contribution in [1.29, 1.82) is 0 Å². The third kappa shape index (κ3) is 1.58. The maximum absolute atomic E-state index is 10.2. The zero-order valence-corrected chi connectivity index (χ0v) is 8.16. The van der Waals surface area contributed by atoms with E-state index in [1.807, 2.05) is 6.07 Å². The molecule has 0 radical (unpaired) electrons. The van der Waals surface area contributed by atoms with E-state index in [4.69, 9.17) is 4.74 Å². The lowest BCUT2D eigenvalue weighted by Gasteiger charge is -2.21. The van der Waals surface area contributed by atoms with E-state index in [1.165, 1.54) is 0 Å². The second kappa shape index (κ2) is 3.55. The molecule has 14 heavy (non-hydrogen) atoms. The number of rotatable bonds is 2. The van der Waals surface area contributed by atoms with Crippen molar-refractivity contribution in [3.63, 3.8) is 0 Å². The molecule has 0 amide bonds.